The van der Waals surface area contributed by atoms with Gasteiger partial charge in [0.2, 0.25) is 0 Å². The molecular weight excluding hydrogens is 390 g/mol. The number of methoxy groups -OCH3 is 1. The molecule has 3 rings (SSSR count). The fourth-order valence-corrected chi connectivity index (χ4v) is 3.63. The van der Waals surface area contributed by atoms with E-state index in [9.17, 15) is 9.59 Å². The monoisotopic (exact) mass is 419 g/mol. The molecule has 0 aliphatic heterocycles. The van der Waals surface area contributed by atoms with Crippen molar-refractivity contribution >= 4 is 5.91 Å². The van der Waals surface area contributed by atoms with E-state index in [4.69, 9.17) is 4.74 Å². The molecule has 0 unspecified atom stereocenters. The van der Waals surface area contributed by atoms with E-state index in [-0.39, 0.29) is 16.9 Å². The fourth-order valence-electron chi connectivity index (χ4n) is 3.63. The summed E-state index contributed by atoms with van der Waals surface area (Å²) in [5.41, 5.74) is 4.50. The number of rotatable bonds is 9. The molecule has 3 aromatic rings. The van der Waals surface area contributed by atoms with Crippen molar-refractivity contribution in [2.75, 3.05) is 20.3 Å². The number of benzene rings is 1. The van der Waals surface area contributed by atoms with E-state index >= 15 is 0 Å². The number of amides is 1. The smallest absolute Gasteiger partial charge is 0.257 e. The highest BCUT2D eigenvalue weighted by Gasteiger charge is 2.21. The molecule has 1 amide bonds. The first kappa shape index (κ1) is 22.4. The minimum absolute atomic E-state index is 0.196. The molecule has 0 aliphatic rings. The molecule has 0 atom stereocenters. The summed E-state index contributed by atoms with van der Waals surface area (Å²) in [5.74, 6) is -0.348. The molecule has 162 valence electrons. The summed E-state index contributed by atoms with van der Waals surface area (Å²) in [4.78, 5) is 30.5. The van der Waals surface area contributed by atoms with Crippen LogP contribution in [0.3, 0.4) is 0 Å². The molecule has 0 spiro atoms. The summed E-state index contributed by atoms with van der Waals surface area (Å²) in [6, 6.07) is 15.3. The number of pyridine rings is 2. The minimum Gasteiger partial charge on any atom is -0.385 e. The highest BCUT2D eigenvalue weighted by atomic mass is 16.5. The Morgan fingerprint density at radius 1 is 1.13 bits per heavy atom. The summed E-state index contributed by atoms with van der Waals surface area (Å²) in [5, 5.41) is 2.88. The number of hydrogen-bond acceptors (Lipinski definition) is 4. The molecule has 6 nitrogen and oxygen atoms in total. The second-order valence-electron chi connectivity index (χ2n) is 7.58. The topological polar surface area (TPSA) is 73.2 Å². The van der Waals surface area contributed by atoms with Gasteiger partial charge in [-0.15, -0.1) is 0 Å². The number of nitrogens with zero attached hydrogens (tertiary/aromatic N) is 2. The van der Waals surface area contributed by atoms with Crippen LogP contribution in [-0.2, 0) is 17.7 Å². The van der Waals surface area contributed by atoms with Crippen LogP contribution in [0.4, 0.5) is 0 Å². The number of ether oxygens (including phenoxy) is 1. The van der Waals surface area contributed by atoms with Crippen molar-refractivity contribution in [3.05, 3.63) is 98.7 Å². The largest absolute Gasteiger partial charge is 0.385 e. The van der Waals surface area contributed by atoms with Crippen molar-refractivity contribution < 1.29 is 9.53 Å². The maximum absolute atomic E-state index is 13.1. The summed E-state index contributed by atoms with van der Waals surface area (Å²) >= 11 is 0. The number of aromatic nitrogens is 2. The molecule has 31 heavy (non-hydrogen) atoms. The lowest BCUT2D eigenvalue weighted by molar-refractivity contribution is 0.0945. The normalized spacial score (nSPS) is 10.8. The first-order valence-corrected chi connectivity index (χ1v) is 10.5. The van der Waals surface area contributed by atoms with Gasteiger partial charge in [0.25, 0.3) is 5.91 Å². The lowest BCUT2D eigenvalue weighted by Crippen LogP contribution is -2.34. The Hall–Kier alpha value is -3.25. The van der Waals surface area contributed by atoms with Gasteiger partial charge in [-0.3, -0.25) is 14.6 Å². The third-order valence-electron chi connectivity index (χ3n) is 5.33. The van der Waals surface area contributed by atoms with Crippen LogP contribution in [0.15, 0.2) is 59.5 Å². The first-order chi connectivity index (χ1) is 15.0. The predicted octanol–water partition coefficient (Wildman–Crippen LogP) is 3.27. The molecule has 2 heterocycles. The highest BCUT2D eigenvalue weighted by Crippen LogP contribution is 2.18. The summed E-state index contributed by atoms with van der Waals surface area (Å²) < 4.78 is 7.07. The molecular formula is C25H29N3O3. The Labute approximate surface area is 182 Å². The maximum Gasteiger partial charge on any atom is 0.257 e. The minimum atomic E-state index is -0.348. The first-order valence-electron chi connectivity index (χ1n) is 10.5. The van der Waals surface area contributed by atoms with Gasteiger partial charge in [-0.05, 0) is 43.5 Å². The van der Waals surface area contributed by atoms with Crippen LogP contribution in [0.2, 0.25) is 0 Å². The van der Waals surface area contributed by atoms with Gasteiger partial charge in [-0.25, -0.2) is 0 Å². The van der Waals surface area contributed by atoms with E-state index in [1.165, 1.54) is 6.07 Å². The Bertz CT molecular complexity index is 1090. The third-order valence-corrected chi connectivity index (χ3v) is 5.33. The van der Waals surface area contributed by atoms with Crippen LogP contribution in [0.5, 0.6) is 0 Å². The van der Waals surface area contributed by atoms with Crippen molar-refractivity contribution in [1.82, 2.24) is 14.9 Å². The average molecular weight is 420 g/mol. The van der Waals surface area contributed by atoms with Crippen molar-refractivity contribution in [3.63, 3.8) is 0 Å². The van der Waals surface area contributed by atoms with Gasteiger partial charge in [0.15, 0.2) is 5.43 Å². The van der Waals surface area contributed by atoms with Crippen LogP contribution in [0, 0.1) is 13.8 Å². The molecule has 1 N–H and O–H groups in total. The van der Waals surface area contributed by atoms with Gasteiger partial charge < -0.3 is 14.6 Å². The summed E-state index contributed by atoms with van der Waals surface area (Å²) in [7, 11) is 1.62. The second-order valence-corrected chi connectivity index (χ2v) is 7.58. The zero-order valence-corrected chi connectivity index (χ0v) is 18.4. The lowest BCUT2D eigenvalue weighted by atomic mass is 9.99. The van der Waals surface area contributed by atoms with Gasteiger partial charge in [-0.2, -0.15) is 0 Å². The quantitative estimate of drug-likeness (QED) is 0.541. The van der Waals surface area contributed by atoms with Crippen LogP contribution >= 0.6 is 0 Å². The van der Waals surface area contributed by atoms with Crippen molar-refractivity contribution in [1.29, 1.82) is 0 Å². The molecule has 0 radical (unpaired) electrons. The van der Waals surface area contributed by atoms with E-state index in [2.05, 4.69) is 10.3 Å². The van der Waals surface area contributed by atoms with Crippen LogP contribution in [0.1, 0.15) is 45.0 Å². The number of aryl methyl sites for hydroxylation is 2. The Balaban J connectivity index is 2.07. The second kappa shape index (κ2) is 10.7. The van der Waals surface area contributed by atoms with Crippen LogP contribution in [0.25, 0.3) is 0 Å². The molecule has 0 saturated heterocycles. The number of carbonyl (C=O) groups excluding carboxylic acids is 1. The average Bonchev–Trinajstić information content (AvgIpc) is 2.76. The maximum atomic E-state index is 13.1. The molecule has 2 aromatic heterocycles. The zero-order chi connectivity index (χ0) is 22.2. The molecule has 0 aliphatic carbocycles. The van der Waals surface area contributed by atoms with Gasteiger partial charge in [0, 0.05) is 50.3 Å². The van der Waals surface area contributed by atoms with Gasteiger partial charge in [-0.1, -0.05) is 30.3 Å². The summed E-state index contributed by atoms with van der Waals surface area (Å²) in [6.45, 7) is 5.42. The standard InChI is InChI=1S/C25H29N3O3/c1-18-9-4-5-10-20(18)16-22-24(25(30)27-13-8-14-31-3)23(29)15-19(2)28(22)17-21-11-6-7-12-26-21/h4-7,9-12,15H,8,13-14,16-17H2,1-3H3,(H,27,30). The SMILES string of the molecule is COCCCNC(=O)c1c(Cc2ccccc2C)n(Cc2ccccn2)c(C)cc1=O. The van der Waals surface area contributed by atoms with E-state index in [0.717, 1.165) is 22.5 Å². The van der Waals surface area contributed by atoms with E-state index in [1.54, 1.807) is 13.3 Å². The van der Waals surface area contributed by atoms with Gasteiger partial charge in [0.1, 0.15) is 5.56 Å². The van der Waals surface area contributed by atoms with E-state index < -0.39 is 0 Å². The molecule has 0 fully saturated rings. The number of carbonyl (C=O) groups is 1. The third kappa shape index (κ3) is 5.67. The molecule has 1 aromatic carbocycles. The fraction of sp³-hybridized carbons (Fsp3) is 0.320. The Morgan fingerprint density at radius 2 is 1.90 bits per heavy atom. The Morgan fingerprint density at radius 3 is 2.61 bits per heavy atom. The highest BCUT2D eigenvalue weighted by molar-refractivity contribution is 5.95. The van der Waals surface area contributed by atoms with Gasteiger partial charge >= 0.3 is 0 Å². The zero-order valence-electron chi connectivity index (χ0n) is 18.4. The van der Waals surface area contributed by atoms with Gasteiger partial charge in [0.05, 0.1) is 12.2 Å². The van der Waals surface area contributed by atoms with Crippen LogP contribution in [-0.4, -0.2) is 35.7 Å². The lowest BCUT2D eigenvalue weighted by Gasteiger charge is -2.21. The van der Waals surface area contributed by atoms with Crippen molar-refractivity contribution in [2.45, 2.75) is 33.2 Å². The molecule has 0 saturated carbocycles. The van der Waals surface area contributed by atoms with E-state index in [0.29, 0.717) is 38.2 Å². The molecule has 0 bridgehead atoms. The van der Waals surface area contributed by atoms with E-state index in [1.807, 2.05) is 60.9 Å². The molecule has 6 heteroatoms. The number of hydrogen-bond donors (Lipinski definition) is 1. The Kier molecular flexibility index (Phi) is 7.73. The van der Waals surface area contributed by atoms with Crippen LogP contribution < -0.4 is 10.7 Å². The summed E-state index contributed by atoms with van der Waals surface area (Å²) in [6.07, 6.45) is 2.91. The number of nitrogens with one attached hydrogen (secondary N) is 1. The van der Waals surface area contributed by atoms with Crippen molar-refractivity contribution in [3.8, 4) is 0 Å². The van der Waals surface area contributed by atoms with Crippen molar-refractivity contribution in [2.24, 2.45) is 0 Å². The predicted molar refractivity (Wildman–Crippen MR) is 122 cm³/mol.